The average molecular weight is 431 g/mol. The van der Waals surface area contributed by atoms with Gasteiger partial charge in [0, 0.05) is 16.8 Å². The lowest BCUT2D eigenvalue weighted by Crippen LogP contribution is -2.15. The highest BCUT2D eigenvalue weighted by Gasteiger charge is 2.30. The van der Waals surface area contributed by atoms with Crippen LogP contribution in [-0.2, 0) is 6.18 Å². The van der Waals surface area contributed by atoms with Gasteiger partial charge < -0.3 is 10.1 Å². The number of hydrogen-bond acceptors (Lipinski definition) is 4. The Morgan fingerprint density at radius 2 is 1.63 bits per heavy atom. The Kier molecular flexibility index (Phi) is 4.98. The molecule has 4 rings (SSSR count). The number of nitrogens with one attached hydrogen (secondary N) is 1. The minimum absolute atomic E-state index is 0.282. The van der Waals surface area contributed by atoms with E-state index in [9.17, 15) is 18.0 Å². The molecule has 2 heterocycles. The standard InChI is InChI=1S/C21H16F3N3O2S/c1-12-11-27-18(13(2)25-20(27)30-12)19(28)26-15-5-9-17(10-6-15)29-16-7-3-14(4-8-16)21(22,23)24/h3-11H,1-2H3,(H,26,28). The van der Waals surface area contributed by atoms with Gasteiger partial charge in [0.25, 0.3) is 5.91 Å². The second-order valence-corrected chi connectivity index (χ2v) is 7.86. The van der Waals surface area contributed by atoms with E-state index >= 15 is 0 Å². The zero-order chi connectivity index (χ0) is 21.5. The number of aryl methyl sites for hydroxylation is 2. The molecule has 0 unspecified atom stereocenters. The first kappa shape index (κ1) is 20.0. The van der Waals surface area contributed by atoms with Gasteiger partial charge in [0.1, 0.15) is 17.2 Å². The van der Waals surface area contributed by atoms with E-state index in [1.165, 1.54) is 23.5 Å². The third kappa shape index (κ3) is 4.02. The number of alkyl halides is 3. The predicted octanol–water partition coefficient (Wildman–Crippen LogP) is 6.08. The smallest absolute Gasteiger partial charge is 0.416 e. The van der Waals surface area contributed by atoms with E-state index in [2.05, 4.69) is 10.3 Å². The van der Waals surface area contributed by atoms with Gasteiger partial charge >= 0.3 is 6.18 Å². The van der Waals surface area contributed by atoms with Crippen LogP contribution in [0.1, 0.15) is 26.6 Å². The van der Waals surface area contributed by atoms with Crippen LogP contribution in [0.25, 0.3) is 4.96 Å². The molecule has 0 radical (unpaired) electrons. The van der Waals surface area contributed by atoms with Gasteiger partial charge in [0.15, 0.2) is 4.96 Å². The molecule has 0 atom stereocenters. The van der Waals surface area contributed by atoms with Gasteiger partial charge in [-0.25, -0.2) is 4.98 Å². The SMILES string of the molecule is Cc1cn2c(C(=O)Nc3ccc(Oc4ccc(C(F)(F)F)cc4)cc3)c(C)nc2s1. The number of aromatic nitrogens is 2. The molecule has 154 valence electrons. The number of carbonyl (C=O) groups is 1. The Morgan fingerprint density at radius 1 is 1.03 bits per heavy atom. The van der Waals surface area contributed by atoms with Gasteiger partial charge in [0.2, 0.25) is 0 Å². The Morgan fingerprint density at radius 3 is 2.23 bits per heavy atom. The van der Waals surface area contributed by atoms with Crippen LogP contribution >= 0.6 is 11.3 Å². The molecule has 0 aliphatic rings. The van der Waals surface area contributed by atoms with Crippen molar-refractivity contribution in [3.05, 3.63) is 76.6 Å². The third-order valence-corrected chi connectivity index (χ3v) is 5.26. The second kappa shape index (κ2) is 7.49. The summed E-state index contributed by atoms with van der Waals surface area (Å²) in [4.78, 5) is 18.9. The molecule has 0 saturated heterocycles. The summed E-state index contributed by atoms with van der Waals surface area (Å²) in [5, 5.41) is 2.83. The summed E-state index contributed by atoms with van der Waals surface area (Å²) in [5.74, 6) is 0.434. The van der Waals surface area contributed by atoms with E-state index in [4.69, 9.17) is 4.74 Å². The summed E-state index contributed by atoms with van der Waals surface area (Å²) in [7, 11) is 0. The number of amides is 1. The summed E-state index contributed by atoms with van der Waals surface area (Å²) in [6, 6.07) is 11.0. The third-order valence-electron chi connectivity index (χ3n) is 4.36. The van der Waals surface area contributed by atoms with Crippen molar-refractivity contribution in [3.63, 3.8) is 0 Å². The monoisotopic (exact) mass is 431 g/mol. The van der Waals surface area contributed by atoms with Crippen LogP contribution in [-0.4, -0.2) is 15.3 Å². The molecule has 1 N–H and O–H groups in total. The van der Waals surface area contributed by atoms with E-state index in [-0.39, 0.29) is 11.7 Å². The van der Waals surface area contributed by atoms with Gasteiger partial charge in [-0.1, -0.05) is 0 Å². The van der Waals surface area contributed by atoms with Crippen LogP contribution in [0.2, 0.25) is 0 Å². The number of carbonyl (C=O) groups excluding carboxylic acids is 1. The molecule has 2 aromatic heterocycles. The van der Waals surface area contributed by atoms with Crippen molar-refractivity contribution in [1.82, 2.24) is 9.38 Å². The Labute approximate surface area is 173 Å². The average Bonchev–Trinajstić information content (AvgIpc) is 3.17. The van der Waals surface area contributed by atoms with Crippen molar-refractivity contribution in [2.45, 2.75) is 20.0 Å². The van der Waals surface area contributed by atoms with E-state index in [1.807, 2.05) is 13.1 Å². The van der Waals surface area contributed by atoms with E-state index < -0.39 is 11.7 Å². The first-order valence-electron chi connectivity index (χ1n) is 8.92. The fourth-order valence-electron chi connectivity index (χ4n) is 2.98. The highest BCUT2D eigenvalue weighted by Crippen LogP contribution is 2.31. The summed E-state index contributed by atoms with van der Waals surface area (Å²) in [6.45, 7) is 3.73. The molecular weight excluding hydrogens is 415 g/mol. The quantitative estimate of drug-likeness (QED) is 0.426. The predicted molar refractivity (Wildman–Crippen MR) is 108 cm³/mol. The highest BCUT2D eigenvalue weighted by atomic mass is 32.1. The summed E-state index contributed by atoms with van der Waals surface area (Å²) in [6.07, 6.45) is -2.52. The van der Waals surface area contributed by atoms with Gasteiger partial charge in [-0.3, -0.25) is 9.20 Å². The molecule has 9 heteroatoms. The first-order valence-corrected chi connectivity index (χ1v) is 9.74. The van der Waals surface area contributed by atoms with Crippen molar-refractivity contribution in [1.29, 1.82) is 0 Å². The number of rotatable bonds is 4. The number of hydrogen-bond donors (Lipinski definition) is 1. The largest absolute Gasteiger partial charge is 0.457 e. The molecule has 0 spiro atoms. The van der Waals surface area contributed by atoms with Crippen molar-refractivity contribution < 1.29 is 22.7 Å². The molecule has 30 heavy (non-hydrogen) atoms. The lowest BCUT2D eigenvalue weighted by atomic mass is 10.2. The number of ether oxygens (including phenoxy) is 1. The Bertz CT molecular complexity index is 1210. The second-order valence-electron chi connectivity index (χ2n) is 6.64. The van der Waals surface area contributed by atoms with Crippen molar-refractivity contribution in [2.24, 2.45) is 0 Å². The number of anilines is 1. The van der Waals surface area contributed by atoms with Crippen LogP contribution in [0.5, 0.6) is 11.5 Å². The molecule has 0 fully saturated rings. The van der Waals surface area contributed by atoms with Crippen LogP contribution in [0.3, 0.4) is 0 Å². The number of halogens is 3. The zero-order valence-corrected chi connectivity index (χ0v) is 16.8. The van der Waals surface area contributed by atoms with Gasteiger partial charge in [-0.2, -0.15) is 13.2 Å². The lowest BCUT2D eigenvalue weighted by Gasteiger charge is -2.10. The summed E-state index contributed by atoms with van der Waals surface area (Å²) < 4.78 is 45.2. The van der Waals surface area contributed by atoms with Crippen LogP contribution < -0.4 is 10.1 Å². The minimum Gasteiger partial charge on any atom is -0.457 e. The molecule has 2 aromatic carbocycles. The van der Waals surface area contributed by atoms with Crippen molar-refractivity contribution in [3.8, 4) is 11.5 Å². The summed E-state index contributed by atoms with van der Waals surface area (Å²) >= 11 is 1.51. The number of imidazole rings is 1. The van der Waals surface area contributed by atoms with E-state index in [0.29, 0.717) is 22.8 Å². The molecule has 0 aliphatic heterocycles. The van der Waals surface area contributed by atoms with Gasteiger partial charge in [0.05, 0.1) is 11.3 Å². The maximum absolute atomic E-state index is 12.7. The van der Waals surface area contributed by atoms with Crippen LogP contribution in [0.15, 0.2) is 54.7 Å². The van der Waals surface area contributed by atoms with Crippen molar-refractivity contribution in [2.75, 3.05) is 5.32 Å². The molecule has 0 aliphatic carbocycles. The zero-order valence-electron chi connectivity index (χ0n) is 15.9. The van der Waals surface area contributed by atoms with Crippen LogP contribution in [0, 0.1) is 13.8 Å². The topological polar surface area (TPSA) is 55.6 Å². The minimum atomic E-state index is -4.39. The highest BCUT2D eigenvalue weighted by molar-refractivity contribution is 7.17. The fraction of sp³-hybridized carbons (Fsp3) is 0.143. The molecule has 4 aromatic rings. The van der Waals surface area contributed by atoms with Gasteiger partial charge in [-0.15, -0.1) is 11.3 Å². The number of benzene rings is 2. The number of nitrogens with zero attached hydrogens (tertiary/aromatic N) is 2. The molecule has 0 saturated carbocycles. The number of thiazole rings is 1. The molecule has 5 nitrogen and oxygen atoms in total. The number of fused-ring (bicyclic) bond motifs is 1. The normalized spacial score (nSPS) is 11.6. The molecule has 0 bridgehead atoms. The lowest BCUT2D eigenvalue weighted by molar-refractivity contribution is -0.137. The van der Waals surface area contributed by atoms with E-state index in [0.717, 1.165) is 22.0 Å². The first-order chi connectivity index (χ1) is 14.2. The maximum Gasteiger partial charge on any atom is 0.416 e. The van der Waals surface area contributed by atoms with Crippen LogP contribution in [0.4, 0.5) is 18.9 Å². The van der Waals surface area contributed by atoms with Crippen molar-refractivity contribution >= 4 is 27.9 Å². The Balaban J connectivity index is 1.45. The molecular formula is C21H16F3N3O2S. The Hall–Kier alpha value is -3.33. The maximum atomic E-state index is 12.7. The fourth-order valence-corrected chi connectivity index (χ4v) is 3.85. The van der Waals surface area contributed by atoms with Gasteiger partial charge in [-0.05, 0) is 62.4 Å². The van der Waals surface area contributed by atoms with E-state index in [1.54, 1.807) is 35.6 Å². The molecule has 1 amide bonds. The summed E-state index contributed by atoms with van der Waals surface area (Å²) in [5.41, 5.74) is 0.930.